The molecule has 1 aliphatic carbocycles. The van der Waals surface area contributed by atoms with Crippen LogP contribution in [0.2, 0.25) is 0 Å². The summed E-state index contributed by atoms with van der Waals surface area (Å²) in [5.74, 6) is 0.490. The maximum atomic E-state index is 11.8. The Morgan fingerprint density at radius 2 is 1.84 bits per heavy atom. The van der Waals surface area contributed by atoms with E-state index in [9.17, 15) is 9.59 Å². The normalized spacial score (nSPS) is 23.2. The summed E-state index contributed by atoms with van der Waals surface area (Å²) in [5.41, 5.74) is 6.00. The highest BCUT2D eigenvalue weighted by Crippen LogP contribution is 2.25. The van der Waals surface area contributed by atoms with E-state index in [-0.39, 0.29) is 30.3 Å². The molecule has 0 aromatic rings. The van der Waals surface area contributed by atoms with Gasteiger partial charge in [0, 0.05) is 19.0 Å². The number of amides is 2. The third-order valence-electron chi connectivity index (χ3n) is 3.57. The van der Waals surface area contributed by atoms with Gasteiger partial charge < -0.3 is 16.4 Å². The number of nitrogens with one attached hydrogen (secondary N) is 2. The summed E-state index contributed by atoms with van der Waals surface area (Å²) in [4.78, 5) is 23.2. The highest BCUT2D eigenvalue weighted by atomic mass is 16.2. The van der Waals surface area contributed by atoms with Crippen LogP contribution < -0.4 is 16.4 Å². The Balaban J connectivity index is 2.18. The molecular formula is C14H27N3O2. The van der Waals surface area contributed by atoms with Gasteiger partial charge in [-0.15, -0.1) is 0 Å². The van der Waals surface area contributed by atoms with Crippen molar-refractivity contribution in [1.29, 1.82) is 0 Å². The van der Waals surface area contributed by atoms with Gasteiger partial charge in [-0.1, -0.05) is 26.7 Å². The van der Waals surface area contributed by atoms with Gasteiger partial charge in [0.05, 0.1) is 6.54 Å². The van der Waals surface area contributed by atoms with E-state index in [1.165, 1.54) is 0 Å². The molecule has 4 N–H and O–H groups in total. The molecular weight excluding hydrogens is 242 g/mol. The van der Waals surface area contributed by atoms with E-state index in [0.717, 1.165) is 25.7 Å². The lowest BCUT2D eigenvalue weighted by Crippen LogP contribution is -2.41. The van der Waals surface area contributed by atoms with Gasteiger partial charge in [-0.25, -0.2) is 0 Å². The molecule has 110 valence electrons. The van der Waals surface area contributed by atoms with Crippen molar-refractivity contribution in [3.05, 3.63) is 0 Å². The number of hydrogen-bond acceptors (Lipinski definition) is 3. The Hall–Kier alpha value is -1.10. The number of hydrogen-bond donors (Lipinski definition) is 3. The molecule has 1 fully saturated rings. The SMILES string of the molecule is CC(C)CNC(=O)CNC(=O)CC1CCCCC1N. The summed E-state index contributed by atoms with van der Waals surface area (Å²) in [6.45, 7) is 4.77. The third-order valence-corrected chi connectivity index (χ3v) is 3.57. The molecule has 0 saturated heterocycles. The van der Waals surface area contributed by atoms with E-state index in [4.69, 9.17) is 5.73 Å². The van der Waals surface area contributed by atoms with E-state index in [1.54, 1.807) is 0 Å². The fourth-order valence-electron chi connectivity index (χ4n) is 2.36. The van der Waals surface area contributed by atoms with Crippen LogP contribution in [-0.4, -0.2) is 30.9 Å². The summed E-state index contributed by atoms with van der Waals surface area (Å²) < 4.78 is 0. The molecule has 1 rings (SSSR count). The van der Waals surface area contributed by atoms with Gasteiger partial charge in [-0.05, 0) is 24.7 Å². The molecule has 0 spiro atoms. The molecule has 0 aromatic heterocycles. The highest BCUT2D eigenvalue weighted by molar-refractivity contribution is 5.84. The maximum absolute atomic E-state index is 11.8. The average molecular weight is 269 g/mol. The second-order valence-electron chi connectivity index (χ2n) is 5.89. The second kappa shape index (κ2) is 8.15. The summed E-state index contributed by atoms with van der Waals surface area (Å²) >= 11 is 0. The van der Waals surface area contributed by atoms with Crippen LogP contribution in [-0.2, 0) is 9.59 Å². The van der Waals surface area contributed by atoms with Crippen LogP contribution in [0.4, 0.5) is 0 Å². The molecule has 1 saturated carbocycles. The van der Waals surface area contributed by atoms with Gasteiger partial charge in [-0.2, -0.15) is 0 Å². The second-order valence-corrected chi connectivity index (χ2v) is 5.89. The van der Waals surface area contributed by atoms with Gasteiger partial charge in [0.1, 0.15) is 0 Å². The topological polar surface area (TPSA) is 84.2 Å². The minimum Gasteiger partial charge on any atom is -0.354 e. The molecule has 0 bridgehead atoms. The summed E-state index contributed by atoms with van der Waals surface area (Å²) in [7, 11) is 0. The number of carbonyl (C=O) groups excluding carboxylic acids is 2. The molecule has 2 amide bonds. The maximum Gasteiger partial charge on any atom is 0.239 e. The van der Waals surface area contributed by atoms with Crippen molar-refractivity contribution in [2.45, 2.75) is 52.0 Å². The lowest BCUT2D eigenvalue weighted by molar-refractivity contribution is -0.126. The molecule has 5 nitrogen and oxygen atoms in total. The van der Waals surface area contributed by atoms with Gasteiger partial charge in [0.2, 0.25) is 11.8 Å². The highest BCUT2D eigenvalue weighted by Gasteiger charge is 2.24. The largest absolute Gasteiger partial charge is 0.354 e. The predicted octanol–water partition coefficient (Wildman–Crippen LogP) is 0.782. The molecule has 0 aliphatic heterocycles. The van der Waals surface area contributed by atoms with Gasteiger partial charge >= 0.3 is 0 Å². The third kappa shape index (κ3) is 6.57. The van der Waals surface area contributed by atoms with Crippen molar-refractivity contribution in [1.82, 2.24) is 10.6 Å². The van der Waals surface area contributed by atoms with Crippen LogP contribution in [0, 0.1) is 11.8 Å². The standard InChI is InChI=1S/C14H27N3O2/c1-10(2)8-16-14(19)9-17-13(18)7-11-5-3-4-6-12(11)15/h10-12H,3-9,15H2,1-2H3,(H,16,19)(H,17,18). The minimum atomic E-state index is -0.130. The Morgan fingerprint density at radius 3 is 2.47 bits per heavy atom. The first kappa shape index (κ1) is 16.0. The number of rotatable bonds is 6. The molecule has 2 atom stereocenters. The first-order chi connectivity index (χ1) is 8.99. The number of nitrogens with two attached hydrogens (primary N) is 1. The van der Waals surface area contributed by atoms with E-state index in [1.807, 2.05) is 13.8 Å². The van der Waals surface area contributed by atoms with E-state index < -0.39 is 0 Å². The zero-order valence-corrected chi connectivity index (χ0v) is 12.1. The summed E-state index contributed by atoms with van der Waals surface area (Å²) in [5, 5.41) is 5.44. The minimum absolute atomic E-state index is 0.0630. The van der Waals surface area contributed by atoms with Crippen molar-refractivity contribution in [2.24, 2.45) is 17.6 Å². The Morgan fingerprint density at radius 1 is 1.16 bits per heavy atom. The lowest BCUT2D eigenvalue weighted by Gasteiger charge is -2.27. The van der Waals surface area contributed by atoms with E-state index >= 15 is 0 Å². The molecule has 19 heavy (non-hydrogen) atoms. The molecule has 2 unspecified atom stereocenters. The fourth-order valence-corrected chi connectivity index (χ4v) is 2.36. The molecule has 0 heterocycles. The van der Waals surface area contributed by atoms with Crippen molar-refractivity contribution in [3.63, 3.8) is 0 Å². The summed E-state index contributed by atoms with van der Waals surface area (Å²) in [6.07, 6.45) is 4.79. The van der Waals surface area contributed by atoms with Crippen LogP contribution in [0.3, 0.4) is 0 Å². The fraction of sp³-hybridized carbons (Fsp3) is 0.857. The van der Waals surface area contributed by atoms with Crippen molar-refractivity contribution < 1.29 is 9.59 Å². The Bertz CT molecular complexity index is 305. The first-order valence-corrected chi connectivity index (χ1v) is 7.28. The quantitative estimate of drug-likeness (QED) is 0.666. The predicted molar refractivity (Wildman–Crippen MR) is 75.4 cm³/mol. The van der Waals surface area contributed by atoms with Crippen molar-refractivity contribution >= 4 is 11.8 Å². The van der Waals surface area contributed by atoms with Crippen molar-refractivity contribution in [3.8, 4) is 0 Å². The van der Waals surface area contributed by atoms with Gasteiger partial charge in [-0.3, -0.25) is 9.59 Å². The molecule has 1 aliphatic rings. The van der Waals surface area contributed by atoms with Gasteiger partial charge in [0.25, 0.3) is 0 Å². The first-order valence-electron chi connectivity index (χ1n) is 7.28. The van der Waals surface area contributed by atoms with Crippen molar-refractivity contribution in [2.75, 3.05) is 13.1 Å². The smallest absolute Gasteiger partial charge is 0.239 e. The van der Waals surface area contributed by atoms with Crippen LogP contribution in [0.15, 0.2) is 0 Å². The molecule has 5 heteroatoms. The molecule has 0 radical (unpaired) electrons. The zero-order chi connectivity index (χ0) is 14.3. The van der Waals surface area contributed by atoms with Crippen LogP contribution in [0.25, 0.3) is 0 Å². The monoisotopic (exact) mass is 269 g/mol. The van der Waals surface area contributed by atoms with Gasteiger partial charge in [0.15, 0.2) is 0 Å². The van der Waals surface area contributed by atoms with Crippen LogP contribution >= 0.6 is 0 Å². The summed E-state index contributed by atoms with van der Waals surface area (Å²) in [6, 6.07) is 0.134. The number of carbonyl (C=O) groups is 2. The average Bonchev–Trinajstić information content (AvgIpc) is 2.36. The molecule has 0 aromatic carbocycles. The lowest BCUT2D eigenvalue weighted by atomic mass is 9.83. The Labute approximate surface area is 115 Å². The zero-order valence-electron chi connectivity index (χ0n) is 12.1. The van der Waals surface area contributed by atoms with Crippen LogP contribution in [0.5, 0.6) is 0 Å². The van der Waals surface area contributed by atoms with Crippen LogP contribution in [0.1, 0.15) is 46.0 Å². The van der Waals surface area contributed by atoms with E-state index in [0.29, 0.717) is 18.9 Å². The Kier molecular flexibility index (Phi) is 6.84. The van der Waals surface area contributed by atoms with E-state index in [2.05, 4.69) is 10.6 Å².